The van der Waals surface area contributed by atoms with Gasteiger partial charge in [0, 0.05) is 11.6 Å². The number of carbonyl (C=O) groups is 1. The third-order valence-electron chi connectivity index (χ3n) is 0.368. The number of carbonyl (C=O) groups excluding carboxylic acids is 1. The first-order chi connectivity index (χ1) is 4.81. The Balaban J connectivity index is 0. The molecule has 0 saturated heterocycles. The van der Waals surface area contributed by atoms with Gasteiger partial charge in [0.2, 0.25) is 0 Å². The van der Waals surface area contributed by atoms with E-state index in [4.69, 9.17) is 5.73 Å². The van der Waals surface area contributed by atoms with E-state index in [0.29, 0.717) is 0 Å². The van der Waals surface area contributed by atoms with Gasteiger partial charge in [-0.25, -0.2) is 4.79 Å². The highest BCUT2D eigenvalue weighted by molar-refractivity contribution is 5.80. The molecule has 0 aliphatic heterocycles. The second kappa shape index (κ2) is 5.92. The zero-order valence-electron chi connectivity index (χ0n) is 7.39. The monoisotopic (exact) mass is 158 g/mol. The van der Waals surface area contributed by atoms with Crippen LogP contribution in [0.1, 0.15) is 13.8 Å². The normalized spacial score (nSPS) is 9.18. The van der Waals surface area contributed by atoms with E-state index < -0.39 is 5.97 Å². The van der Waals surface area contributed by atoms with Gasteiger partial charge in [-0.3, -0.25) is 0 Å². The fourth-order valence-corrected chi connectivity index (χ4v) is 0.0833. The fourth-order valence-electron chi connectivity index (χ4n) is 0.0833. The van der Waals surface area contributed by atoms with Crippen molar-refractivity contribution in [2.24, 2.45) is 5.73 Å². The number of methoxy groups -OCH3 is 1. The predicted molar refractivity (Wildman–Crippen MR) is 45.8 cm³/mol. The van der Waals surface area contributed by atoms with Gasteiger partial charge < -0.3 is 10.5 Å². The molecule has 0 aromatic rings. The van der Waals surface area contributed by atoms with Crippen molar-refractivity contribution in [3.63, 3.8) is 0 Å². The van der Waals surface area contributed by atoms with Gasteiger partial charge >= 0.3 is 5.97 Å². The first kappa shape index (κ1) is 12.8. The Morgan fingerprint density at radius 1 is 1.64 bits per heavy atom. The standard InChI is InChI=1S/C4H10N.C4H6O2/c1-4(2,3)5;1-3-4(5)6-2/h1,5H2,2-3H3;3H,1H2,2H3. The van der Waals surface area contributed by atoms with Crippen LogP contribution in [0.5, 0.6) is 0 Å². The molecule has 3 heteroatoms. The van der Waals surface area contributed by atoms with E-state index >= 15 is 0 Å². The van der Waals surface area contributed by atoms with Crippen LogP contribution in [-0.2, 0) is 9.53 Å². The summed E-state index contributed by atoms with van der Waals surface area (Å²) >= 11 is 0. The van der Waals surface area contributed by atoms with Crippen LogP contribution in [0.25, 0.3) is 0 Å². The predicted octanol–water partition coefficient (Wildman–Crippen LogP) is 0.903. The number of ether oxygens (including phenoxy) is 1. The highest BCUT2D eigenvalue weighted by Crippen LogP contribution is 1.87. The van der Waals surface area contributed by atoms with Crippen molar-refractivity contribution in [2.45, 2.75) is 19.4 Å². The Hall–Kier alpha value is -0.830. The van der Waals surface area contributed by atoms with E-state index in [1.165, 1.54) is 7.11 Å². The van der Waals surface area contributed by atoms with Crippen LogP contribution in [-0.4, -0.2) is 18.6 Å². The van der Waals surface area contributed by atoms with Crippen LogP contribution in [0, 0.1) is 6.92 Å². The van der Waals surface area contributed by atoms with Gasteiger partial charge in [0.05, 0.1) is 7.11 Å². The van der Waals surface area contributed by atoms with Gasteiger partial charge in [-0.05, 0) is 20.8 Å². The van der Waals surface area contributed by atoms with E-state index in [1.54, 1.807) is 0 Å². The van der Waals surface area contributed by atoms with Crippen molar-refractivity contribution in [3.8, 4) is 0 Å². The molecule has 0 saturated carbocycles. The van der Waals surface area contributed by atoms with Crippen molar-refractivity contribution in [3.05, 3.63) is 19.6 Å². The van der Waals surface area contributed by atoms with Gasteiger partial charge in [-0.15, -0.1) is 0 Å². The maximum Gasteiger partial charge on any atom is 0.329 e. The Morgan fingerprint density at radius 3 is 1.91 bits per heavy atom. The number of esters is 1. The van der Waals surface area contributed by atoms with Crippen LogP contribution in [0.3, 0.4) is 0 Å². The van der Waals surface area contributed by atoms with Crippen molar-refractivity contribution >= 4 is 5.97 Å². The molecule has 0 spiro atoms. The molecule has 3 nitrogen and oxygen atoms in total. The maximum absolute atomic E-state index is 9.84. The summed E-state index contributed by atoms with van der Waals surface area (Å²) in [5, 5.41) is 0. The quantitative estimate of drug-likeness (QED) is 0.455. The molecule has 0 heterocycles. The summed E-state index contributed by atoms with van der Waals surface area (Å²) in [7, 11) is 1.31. The van der Waals surface area contributed by atoms with Gasteiger partial charge in [0.1, 0.15) is 0 Å². The van der Waals surface area contributed by atoms with Gasteiger partial charge in [0.25, 0.3) is 0 Å². The zero-order valence-corrected chi connectivity index (χ0v) is 7.39. The first-order valence-corrected chi connectivity index (χ1v) is 3.16. The molecule has 65 valence electrons. The molecule has 0 atom stereocenters. The average molecular weight is 158 g/mol. The summed E-state index contributed by atoms with van der Waals surface area (Å²) < 4.78 is 4.14. The van der Waals surface area contributed by atoms with Crippen LogP contribution < -0.4 is 5.73 Å². The number of hydrogen-bond acceptors (Lipinski definition) is 3. The minimum atomic E-state index is -0.394. The second-order valence-corrected chi connectivity index (χ2v) is 2.72. The largest absolute Gasteiger partial charge is 0.466 e. The third kappa shape index (κ3) is 46.9. The summed E-state index contributed by atoms with van der Waals surface area (Å²) in [5.41, 5.74) is 4.99. The van der Waals surface area contributed by atoms with Crippen molar-refractivity contribution in [2.75, 3.05) is 7.11 Å². The van der Waals surface area contributed by atoms with Crippen LogP contribution in [0.4, 0.5) is 0 Å². The number of rotatable bonds is 1. The van der Waals surface area contributed by atoms with Gasteiger partial charge in [-0.2, -0.15) is 0 Å². The molecule has 0 bridgehead atoms. The van der Waals surface area contributed by atoms with Crippen LogP contribution >= 0.6 is 0 Å². The number of nitrogens with two attached hydrogens (primary N) is 1. The average Bonchev–Trinajstić information content (AvgIpc) is 1.83. The summed E-state index contributed by atoms with van der Waals surface area (Å²) in [6.45, 7) is 10.4. The van der Waals surface area contributed by atoms with E-state index in [-0.39, 0.29) is 5.54 Å². The lowest BCUT2D eigenvalue weighted by atomic mass is 10.1. The minimum Gasteiger partial charge on any atom is -0.466 e. The second-order valence-electron chi connectivity index (χ2n) is 2.72. The molecular weight excluding hydrogens is 142 g/mol. The lowest BCUT2D eigenvalue weighted by Crippen LogP contribution is -2.26. The van der Waals surface area contributed by atoms with E-state index in [9.17, 15) is 4.79 Å². The van der Waals surface area contributed by atoms with Crippen LogP contribution in [0.15, 0.2) is 12.7 Å². The molecule has 0 unspecified atom stereocenters. The highest BCUT2D eigenvalue weighted by atomic mass is 16.5. The van der Waals surface area contributed by atoms with Crippen LogP contribution in [0.2, 0.25) is 0 Å². The molecule has 0 aromatic heterocycles. The Bertz CT molecular complexity index is 119. The van der Waals surface area contributed by atoms with Gasteiger partial charge in [0.15, 0.2) is 0 Å². The minimum absolute atomic E-state index is 0.250. The van der Waals surface area contributed by atoms with Crippen molar-refractivity contribution in [1.29, 1.82) is 0 Å². The Kier molecular flexibility index (Phi) is 6.89. The summed E-state index contributed by atoms with van der Waals surface area (Å²) in [5.74, 6) is -0.394. The lowest BCUT2D eigenvalue weighted by molar-refractivity contribution is -0.134. The summed E-state index contributed by atoms with van der Waals surface area (Å²) in [6.07, 6.45) is 1.11. The number of hydrogen-bond donors (Lipinski definition) is 1. The van der Waals surface area contributed by atoms with Crippen molar-refractivity contribution in [1.82, 2.24) is 0 Å². The molecule has 0 fully saturated rings. The molecule has 0 aliphatic carbocycles. The van der Waals surface area contributed by atoms with E-state index in [2.05, 4.69) is 18.2 Å². The molecular formula is C8H16NO2. The molecule has 2 N–H and O–H groups in total. The van der Waals surface area contributed by atoms with E-state index in [1.807, 2.05) is 13.8 Å². The third-order valence-corrected chi connectivity index (χ3v) is 0.368. The Morgan fingerprint density at radius 2 is 1.91 bits per heavy atom. The van der Waals surface area contributed by atoms with Crippen molar-refractivity contribution < 1.29 is 9.53 Å². The molecule has 0 aromatic carbocycles. The topological polar surface area (TPSA) is 52.3 Å². The Labute approximate surface area is 68.2 Å². The van der Waals surface area contributed by atoms with E-state index in [0.717, 1.165) is 6.08 Å². The molecule has 0 amide bonds. The first-order valence-electron chi connectivity index (χ1n) is 3.16. The summed E-state index contributed by atoms with van der Waals surface area (Å²) in [4.78, 5) is 9.84. The molecule has 1 radical (unpaired) electrons. The smallest absolute Gasteiger partial charge is 0.329 e. The van der Waals surface area contributed by atoms with Gasteiger partial charge in [-0.1, -0.05) is 6.58 Å². The fraction of sp³-hybridized carbons (Fsp3) is 0.500. The summed E-state index contributed by atoms with van der Waals surface area (Å²) in [6, 6.07) is 0. The zero-order chi connectivity index (χ0) is 9.49. The molecule has 11 heavy (non-hydrogen) atoms. The maximum atomic E-state index is 9.84. The molecule has 0 rings (SSSR count). The SMILES string of the molecule is C=CC(=O)OC.[CH2]C(C)(C)N. The lowest BCUT2D eigenvalue weighted by Gasteiger charge is -2.06. The molecule has 0 aliphatic rings. The highest BCUT2D eigenvalue weighted by Gasteiger charge is 1.95.